The third-order valence-electron chi connectivity index (χ3n) is 4.83. The minimum atomic E-state index is -5.32. The van der Waals surface area contributed by atoms with Crippen LogP contribution in [0.1, 0.15) is 32.1 Å². The van der Waals surface area contributed by atoms with Crippen molar-refractivity contribution in [1.82, 2.24) is 10.6 Å². The minimum Gasteiger partial charge on any atom is -0.318 e. The quantitative estimate of drug-likeness (QED) is 0.619. The van der Waals surface area contributed by atoms with Crippen molar-refractivity contribution in [1.29, 1.82) is 0 Å². The van der Waals surface area contributed by atoms with Gasteiger partial charge in [0.25, 0.3) is 11.6 Å². The molecule has 2 aliphatic rings. The lowest BCUT2D eigenvalue weighted by atomic mass is 9.88. The number of imide groups is 1. The van der Waals surface area contributed by atoms with Crippen LogP contribution < -0.4 is 15.5 Å². The largest absolute Gasteiger partial charge is 0.440 e. The number of halogens is 4. The average molecular weight is 387 g/mol. The summed E-state index contributed by atoms with van der Waals surface area (Å²) in [4.78, 5) is 37.2. The smallest absolute Gasteiger partial charge is 0.318 e. The molecular weight excluding hydrogens is 370 g/mol. The second kappa shape index (κ2) is 6.82. The highest BCUT2D eigenvalue weighted by atomic mass is 19.4. The number of para-hydroxylation sites is 1. The predicted octanol–water partition coefficient (Wildman–Crippen LogP) is 2.84. The van der Waals surface area contributed by atoms with Gasteiger partial charge in [0.2, 0.25) is 5.91 Å². The number of anilines is 1. The summed E-state index contributed by atoms with van der Waals surface area (Å²) >= 11 is 0. The van der Waals surface area contributed by atoms with E-state index in [2.05, 4.69) is 0 Å². The molecule has 1 saturated carbocycles. The Kier molecular flexibility index (Phi) is 4.83. The van der Waals surface area contributed by atoms with Crippen LogP contribution in [-0.2, 0) is 9.59 Å². The first-order valence-electron chi connectivity index (χ1n) is 8.47. The summed E-state index contributed by atoms with van der Waals surface area (Å²) in [6, 6.07) is 2.98. The number of hydrogen-bond donors (Lipinski definition) is 2. The standard InChI is InChI=1S/C17H17F4N3O3/c18-11-8-4-5-9-12(11)24-14(26)16(17(19,20)21,23-15(24)27)22-13(25)10-6-2-1-3-7-10/h4-5,8-10H,1-3,6-7H2,(H,22,25)(H,23,27)/t16-/m1/s1. The monoisotopic (exact) mass is 387 g/mol. The Bertz CT molecular complexity index is 777. The van der Waals surface area contributed by atoms with Crippen LogP contribution in [-0.4, -0.2) is 29.7 Å². The molecule has 146 valence electrons. The zero-order valence-electron chi connectivity index (χ0n) is 14.1. The van der Waals surface area contributed by atoms with Gasteiger partial charge in [0.1, 0.15) is 5.82 Å². The number of nitrogens with one attached hydrogen (secondary N) is 2. The van der Waals surface area contributed by atoms with Gasteiger partial charge in [0, 0.05) is 5.92 Å². The first kappa shape index (κ1) is 19.1. The third kappa shape index (κ3) is 3.24. The Morgan fingerprint density at radius 1 is 1.15 bits per heavy atom. The molecule has 1 aromatic rings. The average Bonchev–Trinajstić information content (AvgIpc) is 2.87. The molecule has 27 heavy (non-hydrogen) atoms. The summed E-state index contributed by atoms with van der Waals surface area (Å²) in [5, 5.41) is 3.21. The molecule has 1 aromatic carbocycles. The van der Waals surface area contributed by atoms with Gasteiger partial charge in [-0.1, -0.05) is 31.4 Å². The van der Waals surface area contributed by atoms with E-state index in [4.69, 9.17) is 0 Å². The molecule has 4 amide bonds. The van der Waals surface area contributed by atoms with Gasteiger partial charge in [-0.3, -0.25) is 14.9 Å². The fraction of sp³-hybridized carbons (Fsp3) is 0.471. The van der Waals surface area contributed by atoms with Crippen LogP contribution in [0.2, 0.25) is 0 Å². The number of hydrogen-bond acceptors (Lipinski definition) is 3. The highest BCUT2D eigenvalue weighted by molar-refractivity contribution is 6.24. The number of alkyl halides is 3. The van der Waals surface area contributed by atoms with E-state index in [9.17, 15) is 31.9 Å². The first-order chi connectivity index (χ1) is 12.7. The van der Waals surface area contributed by atoms with Gasteiger partial charge in [0.15, 0.2) is 0 Å². The molecule has 0 radical (unpaired) electrons. The fourth-order valence-electron chi connectivity index (χ4n) is 3.38. The molecule has 1 aliphatic heterocycles. The van der Waals surface area contributed by atoms with Crippen molar-refractivity contribution in [3.63, 3.8) is 0 Å². The maximum atomic E-state index is 13.9. The predicted molar refractivity (Wildman–Crippen MR) is 85.9 cm³/mol. The molecule has 1 heterocycles. The van der Waals surface area contributed by atoms with Crippen molar-refractivity contribution in [3.8, 4) is 0 Å². The highest BCUT2D eigenvalue weighted by Crippen LogP contribution is 2.37. The van der Waals surface area contributed by atoms with Gasteiger partial charge in [-0.05, 0) is 25.0 Å². The third-order valence-corrected chi connectivity index (χ3v) is 4.83. The summed E-state index contributed by atoms with van der Waals surface area (Å²) in [5.74, 6) is -4.48. The fourth-order valence-corrected chi connectivity index (χ4v) is 3.38. The Morgan fingerprint density at radius 3 is 2.37 bits per heavy atom. The van der Waals surface area contributed by atoms with E-state index in [1.807, 2.05) is 0 Å². The number of benzene rings is 1. The molecule has 0 aromatic heterocycles. The normalized spacial score (nSPS) is 24.1. The maximum Gasteiger partial charge on any atom is 0.440 e. The molecule has 0 unspecified atom stereocenters. The van der Waals surface area contributed by atoms with Gasteiger partial charge >= 0.3 is 12.2 Å². The molecule has 2 N–H and O–H groups in total. The number of amides is 4. The van der Waals surface area contributed by atoms with E-state index in [1.165, 1.54) is 17.4 Å². The van der Waals surface area contributed by atoms with E-state index in [0.29, 0.717) is 25.7 Å². The van der Waals surface area contributed by atoms with Crippen molar-refractivity contribution in [2.45, 2.75) is 43.9 Å². The van der Waals surface area contributed by atoms with Crippen LogP contribution >= 0.6 is 0 Å². The molecule has 1 aliphatic carbocycles. The first-order valence-corrected chi connectivity index (χ1v) is 8.47. The van der Waals surface area contributed by atoms with Gasteiger partial charge in [-0.25, -0.2) is 14.1 Å². The highest BCUT2D eigenvalue weighted by Gasteiger charge is 2.69. The Balaban J connectivity index is 1.95. The molecule has 3 rings (SSSR count). The second-order valence-electron chi connectivity index (χ2n) is 6.59. The van der Waals surface area contributed by atoms with Crippen LogP contribution in [0.25, 0.3) is 0 Å². The van der Waals surface area contributed by atoms with Crippen molar-refractivity contribution < 1.29 is 31.9 Å². The van der Waals surface area contributed by atoms with Crippen LogP contribution in [0.5, 0.6) is 0 Å². The van der Waals surface area contributed by atoms with E-state index in [-0.39, 0.29) is 4.90 Å². The summed E-state index contributed by atoms with van der Waals surface area (Å²) < 4.78 is 55.3. The lowest BCUT2D eigenvalue weighted by Crippen LogP contribution is -2.70. The van der Waals surface area contributed by atoms with E-state index in [1.54, 1.807) is 5.32 Å². The number of nitrogens with zero attached hydrogens (tertiary/aromatic N) is 1. The molecule has 0 bridgehead atoms. The van der Waals surface area contributed by atoms with Crippen molar-refractivity contribution in [3.05, 3.63) is 30.1 Å². The van der Waals surface area contributed by atoms with Crippen LogP contribution in [0.15, 0.2) is 24.3 Å². The molecule has 6 nitrogen and oxygen atoms in total. The SMILES string of the molecule is O=C(N[C@@]1(C(F)(F)F)NC(=O)N(c2ccccc2F)C1=O)C1CCCCC1. The summed E-state index contributed by atoms with van der Waals surface area (Å²) in [6.07, 6.45) is -2.25. The Labute approximate surface area is 151 Å². The molecule has 0 spiro atoms. The molecular formula is C17H17F4N3O3. The second-order valence-corrected chi connectivity index (χ2v) is 6.59. The summed E-state index contributed by atoms with van der Waals surface area (Å²) in [7, 11) is 0. The zero-order chi connectivity index (χ0) is 19.8. The van der Waals surface area contributed by atoms with E-state index < -0.39 is 47.1 Å². The Morgan fingerprint density at radius 2 is 1.78 bits per heavy atom. The van der Waals surface area contributed by atoms with E-state index >= 15 is 0 Å². The summed E-state index contributed by atoms with van der Waals surface area (Å²) in [6.45, 7) is 0. The van der Waals surface area contributed by atoms with Gasteiger partial charge in [-0.15, -0.1) is 0 Å². The van der Waals surface area contributed by atoms with Crippen molar-refractivity contribution in [2.24, 2.45) is 5.92 Å². The van der Waals surface area contributed by atoms with Gasteiger partial charge in [0.05, 0.1) is 5.69 Å². The van der Waals surface area contributed by atoms with Crippen LogP contribution in [0.4, 0.5) is 28.0 Å². The van der Waals surface area contributed by atoms with Gasteiger partial charge in [-0.2, -0.15) is 13.2 Å². The maximum absolute atomic E-state index is 13.9. The number of rotatable bonds is 3. The minimum absolute atomic E-state index is 0.0595. The lowest BCUT2D eigenvalue weighted by Gasteiger charge is -2.32. The van der Waals surface area contributed by atoms with Gasteiger partial charge < -0.3 is 5.32 Å². The number of urea groups is 1. The topological polar surface area (TPSA) is 78.5 Å². The van der Waals surface area contributed by atoms with E-state index in [0.717, 1.165) is 18.6 Å². The van der Waals surface area contributed by atoms with Crippen molar-refractivity contribution >= 4 is 23.5 Å². The molecule has 10 heteroatoms. The molecule has 1 atom stereocenters. The van der Waals surface area contributed by atoms with Crippen LogP contribution in [0.3, 0.4) is 0 Å². The summed E-state index contributed by atoms with van der Waals surface area (Å²) in [5.41, 5.74) is -4.25. The molecule has 1 saturated heterocycles. The number of carbonyl (C=O) groups is 3. The Hall–Kier alpha value is -2.65. The van der Waals surface area contributed by atoms with Crippen LogP contribution in [0, 0.1) is 11.7 Å². The lowest BCUT2D eigenvalue weighted by molar-refractivity contribution is -0.202. The number of carbonyl (C=O) groups excluding carboxylic acids is 3. The van der Waals surface area contributed by atoms with Crippen molar-refractivity contribution in [2.75, 3.05) is 4.90 Å². The zero-order valence-corrected chi connectivity index (χ0v) is 14.1. The molecule has 2 fully saturated rings.